The van der Waals surface area contributed by atoms with E-state index in [9.17, 15) is 14.4 Å². The summed E-state index contributed by atoms with van der Waals surface area (Å²) in [5.74, 6) is -0.949. The van der Waals surface area contributed by atoms with Crippen molar-refractivity contribution >= 4 is 17.3 Å². The molecule has 0 saturated carbocycles. The first kappa shape index (κ1) is 18.2. The van der Waals surface area contributed by atoms with Gasteiger partial charge in [0.25, 0.3) is 0 Å². The average Bonchev–Trinajstić information content (AvgIpc) is 2.94. The number of aromatic nitrogens is 1. The first-order chi connectivity index (χ1) is 13.0. The highest BCUT2D eigenvalue weighted by Gasteiger charge is 2.17. The topological polar surface area (TPSA) is 83.8 Å². The molecule has 27 heavy (non-hydrogen) atoms. The van der Waals surface area contributed by atoms with E-state index in [0.29, 0.717) is 23.5 Å². The van der Waals surface area contributed by atoms with E-state index < -0.39 is 11.7 Å². The lowest BCUT2D eigenvalue weighted by Crippen LogP contribution is -2.21. The number of hydrogen-bond acceptors (Lipinski definition) is 3. The molecule has 1 heterocycles. The van der Waals surface area contributed by atoms with Crippen molar-refractivity contribution < 1.29 is 9.18 Å². The number of carbonyl (C=O) groups excluding carboxylic acids is 1. The Hall–Kier alpha value is -3.59. The third kappa shape index (κ3) is 4.15. The number of rotatable bonds is 5. The second kappa shape index (κ2) is 7.75. The van der Waals surface area contributed by atoms with Crippen LogP contribution in [0.3, 0.4) is 0 Å². The predicted molar refractivity (Wildman–Crippen MR) is 103 cm³/mol. The first-order valence-electron chi connectivity index (χ1n) is 8.46. The highest BCUT2D eigenvalue weighted by Crippen LogP contribution is 2.22. The minimum absolute atomic E-state index is 0.0984. The van der Waals surface area contributed by atoms with Gasteiger partial charge >= 0.3 is 0 Å². The molecule has 136 valence electrons. The summed E-state index contributed by atoms with van der Waals surface area (Å²) in [4.78, 5) is 12.4. The van der Waals surface area contributed by atoms with Crippen LogP contribution in [0.4, 0.5) is 15.8 Å². The SMILES string of the molecule is Cc1ccc(Cc2c(N)cc(C#N)n2CC(=O)Nc2ccccc2F)cc1. The van der Waals surface area contributed by atoms with Gasteiger partial charge in [0.2, 0.25) is 5.91 Å². The van der Waals surface area contributed by atoms with Crippen LogP contribution in [0.25, 0.3) is 0 Å². The van der Waals surface area contributed by atoms with Crippen LogP contribution in [-0.2, 0) is 17.8 Å². The Bertz CT molecular complexity index is 1020. The molecule has 1 aromatic heterocycles. The Balaban J connectivity index is 1.85. The number of nitrogens with two attached hydrogens (primary N) is 1. The van der Waals surface area contributed by atoms with Gasteiger partial charge in [0.05, 0.1) is 11.4 Å². The largest absolute Gasteiger partial charge is 0.397 e. The number of carbonyl (C=O) groups is 1. The van der Waals surface area contributed by atoms with Crippen LogP contribution in [0.2, 0.25) is 0 Å². The third-order valence-corrected chi connectivity index (χ3v) is 4.30. The lowest BCUT2D eigenvalue weighted by atomic mass is 10.1. The Morgan fingerprint density at radius 2 is 1.93 bits per heavy atom. The lowest BCUT2D eigenvalue weighted by molar-refractivity contribution is -0.116. The van der Waals surface area contributed by atoms with Crippen molar-refractivity contribution in [1.29, 1.82) is 5.26 Å². The number of nitrogen functional groups attached to an aromatic ring is 1. The molecule has 1 amide bonds. The second-order valence-electron chi connectivity index (χ2n) is 6.32. The third-order valence-electron chi connectivity index (χ3n) is 4.30. The normalized spacial score (nSPS) is 10.4. The van der Waals surface area contributed by atoms with Crippen molar-refractivity contribution in [3.63, 3.8) is 0 Å². The second-order valence-corrected chi connectivity index (χ2v) is 6.32. The minimum Gasteiger partial charge on any atom is -0.397 e. The van der Waals surface area contributed by atoms with Crippen molar-refractivity contribution in [3.05, 3.63) is 82.9 Å². The first-order valence-corrected chi connectivity index (χ1v) is 8.46. The zero-order valence-electron chi connectivity index (χ0n) is 14.9. The van der Waals surface area contributed by atoms with Gasteiger partial charge in [-0.15, -0.1) is 0 Å². The number of nitrogens with one attached hydrogen (secondary N) is 1. The summed E-state index contributed by atoms with van der Waals surface area (Å²) in [7, 11) is 0. The summed E-state index contributed by atoms with van der Waals surface area (Å²) in [5.41, 5.74) is 9.76. The molecule has 0 bridgehead atoms. The van der Waals surface area contributed by atoms with E-state index in [1.54, 1.807) is 22.8 Å². The summed E-state index contributed by atoms with van der Waals surface area (Å²) < 4.78 is 15.3. The minimum atomic E-state index is -0.516. The number of nitriles is 1. The molecule has 0 unspecified atom stereocenters. The molecular weight excluding hydrogens is 343 g/mol. The molecular formula is C21H19FN4O. The summed E-state index contributed by atoms with van der Waals surface area (Å²) in [5, 5.41) is 11.9. The molecule has 0 aliphatic rings. The number of halogens is 1. The van der Waals surface area contributed by atoms with Crippen molar-refractivity contribution in [3.8, 4) is 6.07 Å². The standard InChI is InChI=1S/C21H19FN4O/c1-14-6-8-15(9-7-14)10-20-18(24)11-16(12-23)26(20)13-21(27)25-19-5-3-2-4-17(19)22/h2-9,11H,10,13,24H2,1H3,(H,25,27). The fourth-order valence-corrected chi connectivity index (χ4v) is 2.88. The van der Waals surface area contributed by atoms with E-state index >= 15 is 0 Å². The van der Waals surface area contributed by atoms with E-state index in [4.69, 9.17) is 5.73 Å². The summed E-state index contributed by atoms with van der Waals surface area (Å²) in [6.07, 6.45) is 0.487. The summed E-state index contributed by atoms with van der Waals surface area (Å²) in [6.45, 7) is 1.87. The van der Waals surface area contributed by atoms with Crippen LogP contribution in [0.5, 0.6) is 0 Å². The van der Waals surface area contributed by atoms with Gasteiger partial charge in [-0.3, -0.25) is 4.79 Å². The van der Waals surface area contributed by atoms with Crippen molar-refractivity contribution in [2.45, 2.75) is 19.9 Å². The number of anilines is 2. The van der Waals surface area contributed by atoms with Crippen LogP contribution in [0.15, 0.2) is 54.6 Å². The number of amides is 1. The smallest absolute Gasteiger partial charge is 0.244 e. The molecule has 3 rings (SSSR count). The quantitative estimate of drug-likeness (QED) is 0.727. The molecule has 3 N–H and O–H groups in total. The van der Waals surface area contributed by atoms with Crippen LogP contribution in [-0.4, -0.2) is 10.5 Å². The zero-order chi connectivity index (χ0) is 19.4. The van der Waals surface area contributed by atoms with Gasteiger partial charge in [0.15, 0.2) is 0 Å². The summed E-state index contributed by atoms with van der Waals surface area (Å²) in [6, 6.07) is 17.5. The van der Waals surface area contributed by atoms with Gasteiger partial charge in [-0.2, -0.15) is 5.26 Å². The molecule has 6 heteroatoms. The van der Waals surface area contributed by atoms with E-state index in [1.807, 2.05) is 31.2 Å². The van der Waals surface area contributed by atoms with E-state index in [1.165, 1.54) is 12.1 Å². The number of para-hydroxylation sites is 1. The molecule has 0 aliphatic heterocycles. The van der Waals surface area contributed by atoms with Gasteiger partial charge in [-0.25, -0.2) is 4.39 Å². The van der Waals surface area contributed by atoms with Crippen LogP contribution in [0, 0.1) is 24.1 Å². The Morgan fingerprint density at radius 1 is 1.22 bits per heavy atom. The summed E-state index contributed by atoms with van der Waals surface area (Å²) >= 11 is 0. The van der Waals surface area contributed by atoms with Crippen molar-refractivity contribution in [1.82, 2.24) is 4.57 Å². The van der Waals surface area contributed by atoms with Gasteiger partial charge in [-0.1, -0.05) is 42.0 Å². The molecule has 0 atom stereocenters. The van der Waals surface area contributed by atoms with E-state index in [0.717, 1.165) is 11.1 Å². The van der Waals surface area contributed by atoms with Crippen LogP contribution < -0.4 is 11.1 Å². The van der Waals surface area contributed by atoms with E-state index in [2.05, 4.69) is 11.4 Å². The average molecular weight is 362 g/mol. The van der Waals surface area contributed by atoms with Crippen LogP contribution >= 0.6 is 0 Å². The number of benzene rings is 2. The van der Waals surface area contributed by atoms with E-state index in [-0.39, 0.29) is 12.2 Å². The Morgan fingerprint density at radius 3 is 2.59 bits per heavy atom. The fraction of sp³-hybridized carbons (Fsp3) is 0.143. The fourth-order valence-electron chi connectivity index (χ4n) is 2.88. The molecule has 2 aromatic carbocycles. The van der Waals surface area contributed by atoms with Gasteiger partial charge < -0.3 is 15.6 Å². The zero-order valence-corrected chi connectivity index (χ0v) is 14.9. The number of aryl methyl sites for hydroxylation is 1. The lowest BCUT2D eigenvalue weighted by Gasteiger charge is -2.12. The van der Waals surface area contributed by atoms with Gasteiger partial charge in [0, 0.05) is 12.1 Å². The van der Waals surface area contributed by atoms with Crippen molar-refractivity contribution in [2.24, 2.45) is 0 Å². The molecule has 3 aromatic rings. The van der Waals surface area contributed by atoms with Crippen molar-refractivity contribution in [2.75, 3.05) is 11.1 Å². The van der Waals surface area contributed by atoms with Crippen LogP contribution in [0.1, 0.15) is 22.5 Å². The number of hydrogen-bond donors (Lipinski definition) is 2. The monoisotopic (exact) mass is 362 g/mol. The Kier molecular flexibility index (Phi) is 5.23. The maximum Gasteiger partial charge on any atom is 0.244 e. The molecule has 0 spiro atoms. The maximum absolute atomic E-state index is 13.7. The molecule has 0 radical (unpaired) electrons. The Labute approximate surface area is 156 Å². The molecule has 0 saturated heterocycles. The number of nitrogens with zero attached hydrogens (tertiary/aromatic N) is 2. The predicted octanol–water partition coefficient (Wildman–Crippen LogP) is 3.62. The highest BCUT2D eigenvalue weighted by molar-refractivity contribution is 5.91. The van der Waals surface area contributed by atoms with Gasteiger partial charge in [-0.05, 0) is 30.7 Å². The molecule has 0 fully saturated rings. The maximum atomic E-state index is 13.7. The highest BCUT2D eigenvalue weighted by atomic mass is 19.1. The van der Waals surface area contributed by atoms with Gasteiger partial charge in [0.1, 0.15) is 24.1 Å². The molecule has 0 aliphatic carbocycles. The molecule has 5 nitrogen and oxygen atoms in total.